The van der Waals surface area contributed by atoms with Crippen molar-refractivity contribution in [1.29, 1.82) is 0 Å². The van der Waals surface area contributed by atoms with E-state index in [1.54, 1.807) is 26.3 Å². The fourth-order valence-corrected chi connectivity index (χ4v) is 3.54. The van der Waals surface area contributed by atoms with Crippen molar-refractivity contribution < 1.29 is 14.3 Å². The minimum atomic E-state index is -0.201. The van der Waals surface area contributed by atoms with Crippen molar-refractivity contribution in [2.24, 2.45) is 17.8 Å². The molecule has 0 aliphatic heterocycles. The largest absolute Gasteiger partial charge is 0.497 e. The highest BCUT2D eigenvalue weighted by Crippen LogP contribution is 2.44. The number of carbonyl (C=O) groups excluding carboxylic acids is 2. The summed E-state index contributed by atoms with van der Waals surface area (Å²) in [5.74, 6) is 1.50. The number of rotatable bonds is 5. The van der Waals surface area contributed by atoms with Gasteiger partial charge in [0.1, 0.15) is 5.75 Å². The van der Waals surface area contributed by atoms with Gasteiger partial charge in [-0.2, -0.15) is 0 Å². The molecule has 122 valence electrons. The van der Waals surface area contributed by atoms with Crippen LogP contribution in [0.1, 0.15) is 12.8 Å². The van der Waals surface area contributed by atoms with Crippen molar-refractivity contribution in [3.63, 3.8) is 0 Å². The first-order valence-electron chi connectivity index (χ1n) is 7.94. The van der Waals surface area contributed by atoms with Gasteiger partial charge in [0.2, 0.25) is 11.8 Å². The number of carbonyl (C=O) groups is 2. The van der Waals surface area contributed by atoms with Crippen LogP contribution in [0.3, 0.4) is 0 Å². The number of hydrogen-bond donors (Lipinski definition) is 1. The molecule has 3 rings (SSSR count). The Morgan fingerprint density at radius 2 is 2.13 bits per heavy atom. The molecule has 0 heterocycles. The van der Waals surface area contributed by atoms with E-state index in [-0.39, 0.29) is 24.3 Å². The number of fused-ring (bicyclic) bond motifs is 2. The Morgan fingerprint density at radius 3 is 2.78 bits per heavy atom. The van der Waals surface area contributed by atoms with Crippen LogP contribution in [0.2, 0.25) is 0 Å². The molecule has 1 fully saturated rings. The minimum absolute atomic E-state index is 0.0413. The van der Waals surface area contributed by atoms with E-state index in [9.17, 15) is 9.59 Å². The number of allylic oxidation sites excluding steroid dienone is 2. The lowest BCUT2D eigenvalue weighted by molar-refractivity contribution is -0.137. The van der Waals surface area contributed by atoms with Gasteiger partial charge in [-0.25, -0.2) is 0 Å². The fourth-order valence-electron chi connectivity index (χ4n) is 3.54. The molecule has 1 aromatic carbocycles. The number of benzene rings is 1. The lowest BCUT2D eigenvalue weighted by Gasteiger charge is -2.24. The second-order valence-electron chi connectivity index (χ2n) is 6.36. The second kappa shape index (κ2) is 6.44. The maximum Gasteiger partial charge on any atom is 0.243 e. The van der Waals surface area contributed by atoms with Gasteiger partial charge >= 0.3 is 0 Å². The summed E-state index contributed by atoms with van der Waals surface area (Å²) in [6.07, 6.45) is 6.37. The zero-order chi connectivity index (χ0) is 16.4. The van der Waals surface area contributed by atoms with Crippen molar-refractivity contribution >= 4 is 17.5 Å². The number of ether oxygens (including phenoxy) is 1. The predicted octanol–water partition coefficient (Wildman–Crippen LogP) is 2.30. The van der Waals surface area contributed by atoms with Crippen molar-refractivity contribution in [3.05, 3.63) is 36.4 Å². The van der Waals surface area contributed by atoms with Crippen LogP contribution >= 0.6 is 0 Å². The van der Waals surface area contributed by atoms with Gasteiger partial charge in [0.25, 0.3) is 0 Å². The monoisotopic (exact) mass is 314 g/mol. The van der Waals surface area contributed by atoms with Crippen LogP contribution in [0.25, 0.3) is 0 Å². The van der Waals surface area contributed by atoms with Crippen LogP contribution in [-0.4, -0.2) is 37.4 Å². The van der Waals surface area contributed by atoms with Crippen molar-refractivity contribution in [2.75, 3.05) is 26.0 Å². The Hall–Kier alpha value is -2.30. The van der Waals surface area contributed by atoms with Gasteiger partial charge in [-0.3, -0.25) is 9.59 Å². The Kier molecular flexibility index (Phi) is 4.37. The number of nitrogens with one attached hydrogen (secondary N) is 1. The quantitative estimate of drug-likeness (QED) is 0.849. The first-order chi connectivity index (χ1) is 11.1. The molecule has 1 saturated carbocycles. The molecule has 2 amide bonds. The molecule has 5 nitrogen and oxygen atoms in total. The van der Waals surface area contributed by atoms with Crippen LogP contribution < -0.4 is 10.1 Å². The van der Waals surface area contributed by atoms with Crippen molar-refractivity contribution in [3.8, 4) is 5.75 Å². The minimum Gasteiger partial charge on any atom is -0.497 e. The average molecular weight is 314 g/mol. The number of methoxy groups -OCH3 is 1. The molecule has 2 aliphatic carbocycles. The third kappa shape index (κ3) is 3.38. The van der Waals surface area contributed by atoms with E-state index in [1.165, 1.54) is 4.90 Å². The van der Waals surface area contributed by atoms with E-state index in [0.717, 1.165) is 12.8 Å². The molecule has 5 heteroatoms. The fraction of sp³-hybridized carbons (Fsp3) is 0.444. The van der Waals surface area contributed by atoms with Gasteiger partial charge in [0, 0.05) is 24.7 Å². The third-order valence-electron chi connectivity index (χ3n) is 4.71. The highest BCUT2D eigenvalue weighted by Gasteiger charge is 2.41. The summed E-state index contributed by atoms with van der Waals surface area (Å²) < 4.78 is 5.13. The summed E-state index contributed by atoms with van der Waals surface area (Å²) in [6, 6.07) is 7.17. The molecule has 0 saturated heterocycles. The zero-order valence-corrected chi connectivity index (χ0v) is 13.5. The Balaban J connectivity index is 1.54. The summed E-state index contributed by atoms with van der Waals surface area (Å²) in [6.45, 7) is 0.0631. The number of amides is 2. The van der Waals surface area contributed by atoms with E-state index in [0.29, 0.717) is 23.3 Å². The summed E-state index contributed by atoms with van der Waals surface area (Å²) in [7, 11) is 3.28. The molecule has 0 aromatic heterocycles. The number of hydrogen-bond acceptors (Lipinski definition) is 3. The van der Waals surface area contributed by atoms with Crippen molar-refractivity contribution in [1.82, 2.24) is 4.90 Å². The van der Waals surface area contributed by atoms with Crippen LogP contribution in [0, 0.1) is 17.8 Å². The Labute approximate surface area is 136 Å². The molecule has 23 heavy (non-hydrogen) atoms. The predicted molar refractivity (Wildman–Crippen MR) is 88.1 cm³/mol. The summed E-state index contributed by atoms with van der Waals surface area (Å²) in [4.78, 5) is 26.2. The van der Waals surface area contributed by atoms with Crippen LogP contribution in [0.15, 0.2) is 36.4 Å². The van der Waals surface area contributed by atoms with Crippen LogP contribution in [0.4, 0.5) is 5.69 Å². The van der Waals surface area contributed by atoms with Gasteiger partial charge in [-0.05, 0) is 36.8 Å². The molecule has 3 atom stereocenters. The second-order valence-corrected chi connectivity index (χ2v) is 6.36. The molecule has 2 aliphatic rings. The Bertz CT molecular complexity index is 641. The molecule has 0 spiro atoms. The zero-order valence-electron chi connectivity index (χ0n) is 13.5. The first-order valence-corrected chi connectivity index (χ1v) is 7.94. The SMILES string of the molecule is COc1cccc(NC(=O)CN(C)C(=O)[C@@H]2C[C@H]3C=C[C@H]2C3)c1. The van der Waals surface area contributed by atoms with Gasteiger partial charge in [-0.1, -0.05) is 18.2 Å². The highest BCUT2D eigenvalue weighted by molar-refractivity contribution is 5.95. The third-order valence-corrected chi connectivity index (χ3v) is 4.71. The van der Waals surface area contributed by atoms with E-state index >= 15 is 0 Å². The standard InChI is InChI=1S/C18H22N2O3/c1-20(18(22)16-9-12-6-7-13(16)8-12)11-17(21)19-14-4-3-5-15(10-14)23-2/h3-7,10,12-13,16H,8-9,11H2,1-2H3,(H,19,21)/t12-,13-,16+/m0/s1. The normalized spacial score (nSPS) is 24.5. The van der Waals surface area contributed by atoms with Gasteiger partial charge < -0.3 is 15.0 Å². The highest BCUT2D eigenvalue weighted by atomic mass is 16.5. The van der Waals surface area contributed by atoms with Crippen molar-refractivity contribution in [2.45, 2.75) is 12.8 Å². The number of nitrogens with zero attached hydrogens (tertiary/aromatic N) is 1. The van der Waals surface area contributed by atoms with Gasteiger partial charge in [0.05, 0.1) is 13.7 Å². The molecule has 0 unspecified atom stereocenters. The molecule has 0 radical (unpaired) electrons. The molecule has 1 aromatic rings. The van der Waals surface area contributed by atoms with Crippen LogP contribution in [-0.2, 0) is 9.59 Å². The topological polar surface area (TPSA) is 58.6 Å². The summed E-state index contributed by atoms with van der Waals surface area (Å²) in [5.41, 5.74) is 0.665. The van der Waals surface area contributed by atoms with E-state index in [1.807, 2.05) is 12.1 Å². The van der Waals surface area contributed by atoms with Gasteiger partial charge in [-0.15, -0.1) is 0 Å². The molecule has 2 bridgehead atoms. The van der Waals surface area contributed by atoms with Gasteiger partial charge in [0.15, 0.2) is 0 Å². The van der Waals surface area contributed by atoms with E-state index in [2.05, 4.69) is 17.5 Å². The first kappa shape index (κ1) is 15.6. The molecular weight excluding hydrogens is 292 g/mol. The summed E-state index contributed by atoms with van der Waals surface area (Å²) in [5, 5.41) is 2.80. The maximum absolute atomic E-state index is 12.5. The number of anilines is 1. The lowest BCUT2D eigenvalue weighted by Crippen LogP contribution is -2.39. The smallest absolute Gasteiger partial charge is 0.243 e. The van der Waals surface area contributed by atoms with E-state index < -0.39 is 0 Å². The maximum atomic E-state index is 12.5. The van der Waals surface area contributed by atoms with Crippen LogP contribution in [0.5, 0.6) is 5.75 Å². The van der Waals surface area contributed by atoms with E-state index in [4.69, 9.17) is 4.74 Å². The molecular formula is C18H22N2O3. The lowest BCUT2D eigenvalue weighted by atomic mass is 9.92. The molecule has 1 N–H and O–H groups in total. The average Bonchev–Trinajstić information content (AvgIpc) is 3.17. The number of likely N-dealkylation sites (N-methyl/N-ethyl adjacent to an activating group) is 1. The summed E-state index contributed by atoms with van der Waals surface area (Å²) >= 11 is 0. The Morgan fingerprint density at radius 1 is 1.30 bits per heavy atom.